The number of hydrogen-bond donors (Lipinski definition) is 2. The number of aromatic nitrogens is 2. The Bertz CT molecular complexity index is 420. The van der Waals surface area contributed by atoms with Crippen molar-refractivity contribution in [3.05, 3.63) is 18.0 Å². The first-order valence-corrected chi connectivity index (χ1v) is 5.69. The third-order valence-corrected chi connectivity index (χ3v) is 2.44. The van der Waals surface area contributed by atoms with E-state index in [0.717, 1.165) is 24.1 Å². The number of hydrogen-bond acceptors (Lipinski definition) is 6. The number of anilines is 1. The van der Waals surface area contributed by atoms with Crippen molar-refractivity contribution >= 4 is 35.9 Å². The summed E-state index contributed by atoms with van der Waals surface area (Å²) in [5, 5.41) is 6.47. The van der Waals surface area contributed by atoms with Gasteiger partial charge in [-0.2, -0.15) is 0 Å². The Hall–Kier alpha value is -1.12. The molecule has 7 heteroatoms. The summed E-state index contributed by atoms with van der Waals surface area (Å²) >= 11 is 0. The van der Waals surface area contributed by atoms with E-state index in [0.29, 0.717) is 12.6 Å². The van der Waals surface area contributed by atoms with Crippen LogP contribution in [0.15, 0.2) is 17.3 Å². The third-order valence-electron chi connectivity index (χ3n) is 2.44. The van der Waals surface area contributed by atoms with E-state index in [4.69, 9.17) is 0 Å². The van der Waals surface area contributed by atoms with E-state index in [1.54, 1.807) is 6.20 Å². The highest BCUT2D eigenvalue weighted by atomic mass is 127. The van der Waals surface area contributed by atoms with Crippen molar-refractivity contribution in [1.82, 2.24) is 20.6 Å². The minimum atomic E-state index is 0. The average Bonchev–Trinajstić information content (AvgIpc) is 2.73. The summed E-state index contributed by atoms with van der Waals surface area (Å²) in [5.74, 6) is 1.57. The molecule has 1 aliphatic rings. The molecule has 0 bridgehead atoms. The van der Waals surface area contributed by atoms with Gasteiger partial charge >= 0.3 is 0 Å². The Morgan fingerprint density at radius 1 is 1.50 bits per heavy atom. The van der Waals surface area contributed by atoms with Gasteiger partial charge in [-0.05, 0) is 13.0 Å². The molecule has 0 spiro atoms. The van der Waals surface area contributed by atoms with Gasteiger partial charge in [0.2, 0.25) is 5.95 Å². The van der Waals surface area contributed by atoms with Gasteiger partial charge in [0, 0.05) is 26.3 Å². The van der Waals surface area contributed by atoms with Crippen molar-refractivity contribution in [3.8, 4) is 0 Å². The largest absolute Gasteiger partial charge is 0.352 e. The zero-order chi connectivity index (χ0) is 12.3. The van der Waals surface area contributed by atoms with Crippen molar-refractivity contribution in [2.75, 3.05) is 25.5 Å². The van der Waals surface area contributed by atoms with E-state index in [-0.39, 0.29) is 24.0 Å². The third kappa shape index (κ3) is 3.97. The molecule has 6 nitrogen and oxygen atoms in total. The fourth-order valence-corrected chi connectivity index (χ4v) is 1.53. The molecule has 0 aliphatic carbocycles. The maximum atomic E-state index is 4.42. The monoisotopic (exact) mass is 362 g/mol. The molecule has 100 valence electrons. The van der Waals surface area contributed by atoms with Crippen LogP contribution in [0.5, 0.6) is 0 Å². The molecule has 1 aromatic rings. The highest BCUT2D eigenvalue weighted by molar-refractivity contribution is 14.0. The standard InChI is InChI=1S/C11H18N6.HI/c1-8-6-13-10(15-8)14-7-9-4-5-12-11(16-9)17(2)3;/h4-5,8H,6-7H2,1-3H3,(H2,13,14,15);1H. The second kappa shape index (κ2) is 6.72. The molecule has 2 rings (SSSR count). The van der Waals surface area contributed by atoms with E-state index in [2.05, 4.69) is 32.5 Å². The first kappa shape index (κ1) is 14.9. The van der Waals surface area contributed by atoms with Crippen LogP contribution in [0.2, 0.25) is 0 Å². The van der Waals surface area contributed by atoms with Gasteiger partial charge < -0.3 is 15.5 Å². The van der Waals surface area contributed by atoms with Gasteiger partial charge in [0.05, 0.1) is 18.8 Å². The van der Waals surface area contributed by atoms with E-state index in [9.17, 15) is 0 Å². The Morgan fingerprint density at radius 3 is 2.89 bits per heavy atom. The SMILES string of the molecule is CC1CN=C(NCc2ccnc(N(C)C)n2)N1.I. The van der Waals surface area contributed by atoms with Crippen molar-refractivity contribution in [2.24, 2.45) is 4.99 Å². The van der Waals surface area contributed by atoms with E-state index in [1.165, 1.54) is 0 Å². The second-order valence-electron chi connectivity index (χ2n) is 4.33. The Kier molecular flexibility index (Phi) is 5.57. The highest BCUT2D eigenvalue weighted by Gasteiger charge is 2.11. The Balaban J connectivity index is 0.00000162. The summed E-state index contributed by atoms with van der Waals surface area (Å²) in [6.45, 7) is 3.59. The van der Waals surface area contributed by atoms with Crippen LogP contribution in [0.4, 0.5) is 5.95 Å². The van der Waals surface area contributed by atoms with Gasteiger partial charge in [-0.3, -0.25) is 4.99 Å². The van der Waals surface area contributed by atoms with Gasteiger partial charge in [-0.15, -0.1) is 24.0 Å². The van der Waals surface area contributed by atoms with Crippen molar-refractivity contribution < 1.29 is 0 Å². The molecule has 2 N–H and O–H groups in total. The minimum absolute atomic E-state index is 0. The maximum Gasteiger partial charge on any atom is 0.225 e. The molecule has 0 radical (unpaired) electrons. The lowest BCUT2D eigenvalue weighted by molar-refractivity contribution is 0.711. The van der Waals surface area contributed by atoms with Crippen LogP contribution in [-0.2, 0) is 6.54 Å². The van der Waals surface area contributed by atoms with Gasteiger partial charge in [-0.1, -0.05) is 0 Å². The number of halogens is 1. The van der Waals surface area contributed by atoms with E-state index >= 15 is 0 Å². The van der Waals surface area contributed by atoms with Crippen LogP contribution in [-0.4, -0.2) is 42.6 Å². The summed E-state index contributed by atoms with van der Waals surface area (Å²) < 4.78 is 0. The molecule has 0 saturated carbocycles. The predicted molar refractivity (Wildman–Crippen MR) is 83.5 cm³/mol. The Labute approximate surface area is 124 Å². The van der Waals surface area contributed by atoms with Crippen LogP contribution >= 0.6 is 24.0 Å². The molecule has 0 saturated heterocycles. The zero-order valence-corrected chi connectivity index (χ0v) is 13.2. The quantitative estimate of drug-likeness (QED) is 0.771. The van der Waals surface area contributed by atoms with Crippen molar-refractivity contribution in [3.63, 3.8) is 0 Å². The molecule has 0 amide bonds. The number of guanidine groups is 1. The van der Waals surface area contributed by atoms with Gasteiger partial charge in [0.1, 0.15) is 0 Å². The zero-order valence-electron chi connectivity index (χ0n) is 10.8. The van der Waals surface area contributed by atoms with Crippen molar-refractivity contribution in [1.29, 1.82) is 0 Å². The number of nitrogens with zero attached hydrogens (tertiary/aromatic N) is 4. The summed E-state index contributed by atoms with van der Waals surface area (Å²) in [6, 6.07) is 2.32. The molecular weight excluding hydrogens is 343 g/mol. The molecule has 18 heavy (non-hydrogen) atoms. The fourth-order valence-electron chi connectivity index (χ4n) is 1.53. The summed E-state index contributed by atoms with van der Waals surface area (Å²) in [6.07, 6.45) is 1.77. The van der Waals surface area contributed by atoms with Gasteiger partial charge in [0.25, 0.3) is 0 Å². The first-order valence-electron chi connectivity index (χ1n) is 5.69. The number of rotatable bonds is 3. The van der Waals surface area contributed by atoms with Gasteiger partial charge in [0.15, 0.2) is 5.96 Å². The van der Waals surface area contributed by atoms with Crippen LogP contribution < -0.4 is 15.5 Å². The normalized spacial score (nSPS) is 17.5. The second-order valence-corrected chi connectivity index (χ2v) is 4.33. The lowest BCUT2D eigenvalue weighted by atomic mass is 10.4. The summed E-state index contributed by atoms with van der Waals surface area (Å²) in [7, 11) is 3.85. The number of aliphatic imine (C=N–C) groups is 1. The van der Waals surface area contributed by atoms with Crippen LogP contribution in [0, 0.1) is 0 Å². The molecular formula is C11H19IN6. The molecule has 0 aromatic carbocycles. The van der Waals surface area contributed by atoms with Gasteiger partial charge in [-0.25, -0.2) is 9.97 Å². The number of nitrogens with one attached hydrogen (secondary N) is 2. The molecule has 1 atom stereocenters. The smallest absolute Gasteiger partial charge is 0.225 e. The molecule has 1 aliphatic heterocycles. The molecule has 1 unspecified atom stereocenters. The lowest BCUT2D eigenvalue weighted by Gasteiger charge is -2.12. The van der Waals surface area contributed by atoms with Crippen LogP contribution in [0.3, 0.4) is 0 Å². The fraction of sp³-hybridized carbons (Fsp3) is 0.545. The molecule has 2 heterocycles. The van der Waals surface area contributed by atoms with Crippen LogP contribution in [0.1, 0.15) is 12.6 Å². The molecule has 1 aromatic heterocycles. The van der Waals surface area contributed by atoms with E-state index < -0.39 is 0 Å². The molecule has 0 fully saturated rings. The van der Waals surface area contributed by atoms with E-state index in [1.807, 2.05) is 25.1 Å². The Morgan fingerprint density at radius 2 is 2.28 bits per heavy atom. The topological polar surface area (TPSA) is 65.4 Å². The van der Waals surface area contributed by atoms with Crippen LogP contribution in [0.25, 0.3) is 0 Å². The first-order chi connectivity index (χ1) is 8.15. The summed E-state index contributed by atoms with van der Waals surface area (Å²) in [5.41, 5.74) is 0.952. The summed E-state index contributed by atoms with van der Waals surface area (Å²) in [4.78, 5) is 14.8. The van der Waals surface area contributed by atoms with Crippen molar-refractivity contribution in [2.45, 2.75) is 19.5 Å². The lowest BCUT2D eigenvalue weighted by Crippen LogP contribution is -2.37. The minimum Gasteiger partial charge on any atom is -0.352 e. The highest BCUT2D eigenvalue weighted by Crippen LogP contribution is 2.03. The predicted octanol–water partition coefficient (Wildman–Crippen LogP) is 0.598. The average molecular weight is 362 g/mol. The maximum absolute atomic E-state index is 4.42.